The van der Waals surface area contributed by atoms with Gasteiger partial charge >= 0.3 is 0 Å². The molecule has 0 aliphatic heterocycles. The molecule has 0 radical (unpaired) electrons. The maximum absolute atomic E-state index is 12.7. The van der Waals surface area contributed by atoms with Gasteiger partial charge in [0.1, 0.15) is 0 Å². The van der Waals surface area contributed by atoms with Gasteiger partial charge in [-0.2, -0.15) is 0 Å². The average molecular weight is 478 g/mol. The summed E-state index contributed by atoms with van der Waals surface area (Å²) in [4.78, 5) is 31.1. The van der Waals surface area contributed by atoms with Gasteiger partial charge in [0.25, 0.3) is 5.56 Å². The van der Waals surface area contributed by atoms with E-state index in [0.29, 0.717) is 17.1 Å². The Balaban J connectivity index is 1.78. The number of aryl methyl sites for hydroxylation is 1. The molecule has 3 aromatic rings. The van der Waals surface area contributed by atoms with E-state index in [4.69, 9.17) is 11.6 Å². The number of nitrogens with one attached hydrogen (secondary N) is 2. The summed E-state index contributed by atoms with van der Waals surface area (Å²) in [6.07, 6.45) is 1.49. The van der Waals surface area contributed by atoms with Crippen molar-refractivity contribution in [2.45, 2.75) is 40.5 Å². The number of H-pyrrole nitrogens is 1. The van der Waals surface area contributed by atoms with E-state index < -0.39 is 25.5 Å². The van der Waals surface area contributed by atoms with Crippen molar-refractivity contribution >= 4 is 44.8 Å². The summed E-state index contributed by atoms with van der Waals surface area (Å²) in [7, 11) is -4.05. The Morgan fingerprint density at radius 3 is 2.39 bits per heavy atom. The van der Waals surface area contributed by atoms with Gasteiger partial charge in [-0.05, 0) is 49.7 Å². The third kappa shape index (κ3) is 5.55. The highest BCUT2D eigenvalue weighted by Gasteiger charge is 2.24. The first-order valence-electron chi connectivity index (χ1n) is 9.35. The number of carbonyl (C=O) groups is 1. The zero-order chi connectivity index (χ0) is 22.6. The molecule has 31 heavy (non-hydrogen) atoms. The molecule has 0 unspecified atom stereocenters. The van der Waals surface area contributed by atoms with Crippen molar-refractivity contribution in [2.24, 2.45) is 0 Å². The fraction of sp³-hybridized carbons (Fsp3) is 0.190. The van der Waals surface area contributed by atoms with E-state index in [0.717, 1.165) is 23.5 Å². The molecule has 1 atom stereocenters. The molecule has 0 bridgehead atoms. The van der Waals surface area contributed by atoms with Crippen molar-refractivity contribution in [3.63, 3.8) is 0 Å². The minimum absolute atomic E-state index is 0.0616. The lowest BCUT2D eigenvalue weighted by Gasteiger charge is -2.14. The molecule has 1 heterocycles. The number of anilines is 1. The molecular formula is C21H20ClN3O4S2. The van der Waals surface area contributed by atoms with Gasteiger partial charge < -0.3 is 10.3 Å². The summed E-state index contributed by atoms with van der Waals surface area (Å²) in [5.41, 5.74) is 0.941. The van der Waals surface area contributed by atoms with E-state index >= 15 is 0 Å². The van der Waals surface area contributed by atoms with Crippen LogP contribution in [0.3, 0.4) is 0 Å². The molecule has 162 valence electrons. The second-order valence-electron chi connectivity index (χ2n) is 6.71. The number of aromatic amines is 1. The van der Waals surface area contributed by atoms with Crippen molar-refractivity contribution in [1.82, 2.24) is 9.97 Å². The second kappa shape index (κ2) is 9.67. The van der Waals surface area contributed by atoms with Crippen LogP contribution in [-0.2, 0) is 14.6 Å². The van der Waals surface area contributed by atoms with Crippen molar-refractivity contribution in [3.05, 3.63) is 75.7 Å². The topological polar surface area (TPSA) is 109 Å². The van der Waals surface area contributed by atoms with Crippen LogP contribution in [0.1, 0.15) is 18.9 Å². The normalized spacial score (nSPS) is 12.4. The smallest absolute Gasteiger partial charge is 0.270 e. The molecular weight excluding hydrogens is 458 g/mol. The van der Waals surface area contributed by atoms with Crippen molar-refractivity contribution < 1.29 is 13.2 Å². The van der Waals surface area contributed by atoms with Gasteiger partial charge in [0.15, 0.2) is 10.1 Å². The molecule has 1 aromatic heterocycles. The SMILES string of the molecule is CC[C@@H](Sc1ncc(S(=O)(=O)c2ccc(Cl)cc2)c(=O)[nH]1)C(=O)Nc1ccc(C)cc1. The van der Waals surface area contributed by atoms with E-state index in [1.807, 2.05) is 26.0 Å². The minimum Gasteiger partial charge on any atom is -0.325 e. The van der Waals surface area contributed by atoms with Gasteiger partial charge in [-0.1, -0.05) is 48.0 Å². The highest BCUT2D eigenvalue weighted by molar-refractivity contribution is 8.00. The highest BCUT2D eigenvalue weighted by Crippen LogP contribution is 2.24. The third-order valence-corrected chi connectivity index (χ3v) is 7.67. The zero-order valence-corrected chi connectivity index (χ0v) is 19.1. The number of thioether (sulfide) groups is 1. The molecule has 10 heteroatoms. The molecule has 0 spiro atoms. The number of halogens is 1. The van der Waals surface area contributed by atoms with E-state index in [-0.39, 0.29) is 16.0 Å². The van der Waals surface area contributed by atoms with Gasteiger partial charge in [-0.3, -0.25) is 9.59 Å². The lowest BCUT2D eigenvalue weighted by atomic mass is 10.2. The monoisotopic (exact) mass is 477 g/mol. The number of aromatic nitrogens is 2. The van der Waals surface area contributed by atoms with Crippen LogP contribution in [0.25, 0.3) is 0 Å². The first kappa shape index (κ1) is 23.1. The molecule has 1 amide bonds. The maximum Gasteiger partial charge on any atom is 0.270 e. The lowest BCUT2D eigenvalue weighted by molar-refractivity contribution is -0.115. The zero-order valence-electron chi connectivity index (χ0n) is 16.8. The van der Waals surface area contributed by atoms with E-state index in [9.17, 15) is 18.0 Å². The van der Waals surface area contributed by atoms with Gasteiger partial charge in [0.2, 0.25) is 15.7 Å². The number of nitrogens with zero attached hydrogens (tertiary/aromatic N) is 1. The van der Waals surface area contributed by atoms with Crippen LogP contribution in [0, 0.1) is 6.92 Å². The molecule has 2 N–H and O–H groups in total. The van der Waals surface area contributed by atoms with Crippen LogP contribution >= 0.6 is 23.4 Å². The van der Waals surface area contributed by atoms with Gasteiger partial charge in [0.05, 0.1) is 16.3 Å². The lowest BCUT2D eigenvalue weighted by Crippen LogP contribution is -2.26. The highest BCUT2D eigenvalue weighted by atomic mass is 35.5. The number of rotatable bonds is 7. The Labute approximate surface area is 189 Å². The first-order valence-corrected chi connectivity index (χ1v) is 12.1. The Bertz CT molecular complexity index is 1240. The van der Waals surface area contributed by atoms with Crippen LogP contribution < -0.4 is 10.9 Å². The fourth-order valence-corrected chi connectivity index (χ4v) is 4.90. The summed E-state index contributed by atoms with van der Waals surface area (Å²) in [5, 5.41) is 2.85. The third-order valence-electron chi connectivity index (χ3n) is 4.39. The van der Waals surface area contributed by atoms with Crippen molar-refractivity contribution in [1.29, 1.82) is 0 Å². The van der Waals surface area contributed by atoms with E-state index in [1.165, 1.54) is 24.3 Å². The van der Waals surface area contributed by atoms with Crippen LogP contribution in [0.2, 0.25) is 5.02 Å². The van der Waals surface area contributed by atoms with Gasteiger partial charge in [-0.15, -0.1) is 0 Å². The summed E-state index contributed by atoms with van der Waals surface area (Å²) >= 11 is 6.85. The molecule has 0 aliphatic carbocycles. The summed E-state index contributed by atoms with van der Waals surface area (Å²) < 4.78 is 25.4. The number of carbonyl (C=O) groups excluding carboxylic acids is 1. The summed E-state index contributed by atoms with van der Waals surface area (Å²) in [6.45, 7) is 3.79. The Hall–Kier alpha value is -2.62. The van der Waals surface area contributed by atoms with Crippen molar-refractivity contribution in [3.8, 4) is 0 Å². The quantitative estimate of drug-likeness (QED) is 0.392. The Morgan fingerprint density at radius 1 is 1.16 bits per heavy atom. The molecule has 3 rings (SSSR count). The van der Waals surface area contributed by atoms with Gasteiger partial charge in [-0.25, -0.2) is 13.4 Å². The van der Waals surface area contributed by atoms with Crippen molar-refractivity contribution in [2.75, 3.05) is 5.32 Å². The molecule has 0 fully saturated rings. The number of hydrogen-bond acceptors (Lipinski definition) is 6. The molecule has 0 saturated carbocycles. The predicted octanol–water partition coefficient (Wildman–Crippen LogP) is 4.07. The van der Waals surface area contributed by atoms with Crippen LogP contribution in [-0.4, -0.2) is 29.5 Å². The minimum atomic E-state index is -4.05. The van der Waals surface area contributed by atoms with Crippen LogP contribution in [0.5, 0.6) is 0 Å². The molecule has 0 saturated heterocycles. The summed E-state index contributed by atoms with van der Waals surface area (Å²) in [5.74, 6) is -0.239. The predicted molar refractivity (Wildman–Crippen MR) is 122 cm³/mol. The number of amides is 1. The standard InChI is InChI=1S/C21H20ClN3O4S2/c1-3-17(19(26)24-15-8-4-13(2)5-9-15)30-21-23-12-18(20(27)25-21)31(28,29)16-10-6-14(22)7-11-16/h4-12,17H,3H2,1-2H3,(H,24,26)(H,23,25,27)/t17-/m1/s1. The van der Waals surface area contributed by atoms with E-state index in [1.54, 1.807) is 12.1 Å². The van der Waals surface area contributed by atoms with Crippen LogP contribution in [0.4, 0.5) is 5.69 Å². The molecule has 0 aliphatic rings. The largest absolute Gasteiger partial charge is 0.325 e. The Kier molecular flexibility index (Phi) is 7.19. The molecule has 7 nitrogen and oxygen atoms in total. The number of benzene rings is 2. The Morgan fingerprint density at radius 2 is 1.81 bits per heavy atom. The number of sulfone groups is 1. The first-order chi connectivity index (χ1) is 14.7. The second-order valence-corrected chi connectivity index (χ2v) is 10.3. The van der Waals surface area contributed by atoms with Crippen LogP contribution in [0.15, 0.2) is 74.5 Å². The van der Waals surface area contributed by atoms with Gasteiger partial charge in [0, 0.05) is 10.7 Å². The van der Waals surface area contributed by atoms with E-state index in [2.05, 4.69) is 15.3 Å². The molecule has 2 aromatic carbocycles. The maximum atomic E-state index is 12.7. The summed E-state index contributed by atoms with van der Waals surface area (Å²) in [6, 6.07) is 12.9. The number of hydrogen-bond donors (Lipinski definition) is 2. The fourth-order valence-electron chi connectivity index (χ4n) is 2.68. The average Bonchev–Trinajstić information content (AvgIpc) is 2.73.